The molecule has 2 unspecified atom stereocenters. The maximum Gasteiger partial charge on any atom is 0.351 e. The van der Waals surface area contributed by atoms with Gasteiger partial charge in [-0.1, -0.05) is 18.2 Å². The number of alkyl halides is 2. The van der Waals surface area contributed by atoms with E-state index in [1.54, 1.807) is 32.0 Å². The van der Waals surface area contributed by atoms with E-state index in [9.17, 15) is 14.2 Å². The number of halogens is 2. The molecular weight excluding hydrogens is 487 g/mol. The molecule has 190 valence electrons. The number of hydrogen-bond acceptors (Lipinski definition) is 9. The van der Waals surface area contributed by atoms with Gasteiger partial charge in [0.05, 0.1) is 6.10 Å². The highest BCUT2D eigenvalue weighted by Gasteiger charge is 2.60. The third-order valence-corrected chi connectivity index (χ3v) is 5.46. The zero-order chi connectivity index (χ0) is 25.8. The van der Waals surface area contributed by atoms with Crippen LogP contribution in [-0.2, 0) is 18.8 Å². The molecule has 3 rings (SSSR count). The van der Waals surface area contributed by atoms with Crippen molar-refractivity contribution in [1.29, 1.82) is 0 Å². The average molecular weight is 513 g/mol. The van der Waals surface area contributed by atoms with E-state index in [0.29, 0.717) is 4.57 Å². The number of benzene rings is 1. The second-order valence-electron chi connectivity index (χ2n) is 8.19. The van der Waals surface area contributed by atoms with Crippen molar-refractivity contribution < 1.29 is 32.4 Å². The number of ether oxygens (including phenoxy) is 3. The maximum absolute atomic E-state index is 15.2. The molecule has 1 aliphatic rings. The number of carbonyl (C=O) groups is 1. The fourth-order valence-electron chi connectivity index (χ4n) is 3.54. The van der Waals surface area contributed by atoms with Gasteiger partial charge in [-0.2, -0.15) is 10.1 Å². The summed E-state index contributed by atoms with van der Waals surface area (Å²) in [6, 6.07) is 8.13. The highest BCUT2D eigenvalue weighted by molar-refractivity contribution is 7.21. The third-order valence-electron chi connectivity index (χ3n) is 5.04. The van der Waals surface area contributed by atoms with Crippen molar-refractivity contribution in [2.24, 2.45) is 0 Å². The van der Waals surface area contributed by atoms with Gasteiger partial charge in [0.15, 0.2) is 0 Å². The van der Waals surface area contributed by atoms with E-state index in [2.05, 4.69) is 15.4 Å². The third kappa shape index (κ3) is 6.17. The Balaban J connectivity index is 2.02. The van der Waals surface area contributed by atoms with Gasteiger partial charge in [0, 0.05) is 12.6 Å². The van der Waals surface area contributed by atoms with Crippen LogP contribution in [0.1, 0.15) is 33.4 Å². The van der Waals surface area contributed by atoms with E-state index in [4.69, 9.17) is 19.9 Å². The molecule has 4 atom stereocenters. The summed E-state index contributed by atoms with van der Waals surface area (Å²) in [5.74, 6) is -6.34. The molecular formula is C21H26F2N5O6P. The van der Waals surface area contributed by atoms with Crippen LogP contribution < -0.4 is 26.6 Å². The van der Waals surface area contributed by atoms with Crippen LogP contribution >= 0.6 is 8.61 Å². The fraction of sp³-hybridized carbons (Fsp3) is 0.476. The number of para-hydroxylation sites is 1. The highest BCUT2D eigenvalue weighted by Crippen LogP contribution is 2.45. The summed E-state index contributed by atoms with van der Waals surface area (Å²) in [7, 11) is -0.713. The number of nitrogen functional groups attached to an aromatic ring is 1. The molecule has 1 fully saturated rings. The second kappa shape index (κ2) is 10.7. The summed E-state index contributed by atoms with van der Waals surface area (Å²) in [5, 5.41) is 5.22. The number of esters is 1. The van der Waals surface area contributed by atoms with E-state index < -0.39 is 62.9 Å². The van der Waals surface area contributed by atoms with Gasteiger partial charge in [-0.05, 0) is 39.0 Å². The van der Waals surface area contributed by atoms with E-state index in [-0.39, 0.29) is 11.6 Å². The smallest absolute Gasteiger partial charge is 0.351 e. The summed E-state index contributed by atoms with van der Waals surface area (Å²) in [6.07, 6.45) is -3.99. The Bertz CT molecular complexity index is 1110. The highest BCUT2D eigenvalue weighted by atomic mass is 31.1. The minimum Gasteiger partial charge on any atom is -0.462 e. The quantitative estimate of drug-likeness (QED) is 0.245. The lowest BCUT2D eigenvalue weighted by Crippen LogP contribution is -2.69. The number of aromatic nitrogens is 2. The zero-order valence-electron chi connectivity index (χ0n) is 19.2. The van der Waals surface area contributed by atoms with Crippen molar-refractivity contribution in [1.82, 2.24) is 20.0 Å². The number of nitrogens with zero attached hydrogens (tertiary/aromatic N) is 2. The minimum atomic E-state index is -3.58. The standard InChI is InChI=1S/C21H26F2N5O6P/c1-12(2)32-17(29)13(3)26-21(27-35-31,34-14-7-5-4-6-8-14)15-11-20(22,23)18(33-15)28-10-9-16(24)25-19(28)30/h4-10,12-13,15,18,26H,11H2,1-3H3,(H,27,31)(H2,24,25,30)/t13-,15+,18?,21?/m0/s1. The van der Waals surface area contributed by atoms with Gasteiger partial charge in [0.25, 0.3) is 20.4 Å². The minimum absolute atomic E-state index is 0.142. The van der Waals surface area contributed by atoms with Gasteiger partial charge in [-0.25, -0.2) is 13.6 Å². The number of carbonyl (C=O) groups excluding carboxylic acids is 1. The average Bonchev–Trinajstić information content (AvgIpc) is 3.09. The molecule has 4 N–H and O–H groups in total. The Hall–Kier alpha value is -2.99. The number of nitrogens with two attached hydrogens (primary N) is 1. The largest absolute Gasteiger partial charge is 0.462 e. The molecule has 0 saturated carbocycles. The molecule has 0 aliphatic carbocycles. The van der Waals surface area contributed by atoms with Gasteiger partial charge < -0.3 is 19.9 Å². The molecule has 2 aromatic rings. The molecule has 1 aliphatic heterocycles. The lowest BCUT2D eigenvalue weighted by Gasteiger charge is -2.39. The molecule has 0 spiro atoms. The summed E-state index contributed by atoms with van der Waals surface area (Å²) in [4.78, 5) is 28.2. The summed E-state index contributed by atoms with van der Waals surface area (Å²) < 4.78 is 59.5. The zero-order valence-corrected chi connectivity index (χ0v) is 20.1. The normalized spacial score (nSPS) is 22.0. The van der Waals surface area contributed by atoms with E-state index in [1.807, 2.05) is 0 Å². The Morgan fingerprint density at radius 1 is 1.31 bits per heavy atom. The van der Waals surface area contributed by atoms with Gasteiger partial charge >= 0.3 is 11.7 Å². The molecule has 2 heterocycles. The first-order chi connectivity index (χ1) is 16.5. The number of rotatable bonds is 10. The molecule has 1 aromatic heterocycles. The Morgan fingerprint density at radius 3 is 2.60 bits per heavy atom. The van der Waals surface area contributed by atoms with E-state index in [1.165, 1.54) is 25.1 Å². The van der Waals surface area contributed by atoms with Crippen molar-refractivity contribution in [2.75, 3.05) is 5.73 Å². The Kier molecular flexibility index (Phi) is 8.16. The van der Waals surface area contributed by atoms with Crippen LogP contribution in [0.4, 0.5) is 14.6 Å². The fourth-order valence-corrected chi connectivity index (χ4v) is 3.93. The molecule has 14 heteroatoms. The van der Waals surface area contributed by atoms with Crippen molar-refractivity contribution in [3.05, 3.63) is 53.1 Å². The predicted molar refractivity (Wildman–Crippen MR) is 121 cm³/mol. The molecule has 11 nitrogen and oxygen atoms in total. The van der Waals surface area contributed by atoms with E-state index in [0.717, 1.165) is 6.20 Å². The van der Waals surface area contributed by atoms with Crippen LogP contribution in [0.5, 0.6) is 5.75 Å². The van der Waals surface area contributed by atoms with Crippen LogP contribution in [0.3, 0.4) is 0 Å². The molecule has 35 heavy (non-hydrogen) atoms. The van der Waals surface area contributed by atoms with Gasteiger partial charge in [0.1, 0.15) is 23.7 Å². The van der Waals surface area contributed by atoms with Crippen LogP contribution in [-0.4, -0.2) is 45.5 Å². The van der Waals surface area contributed by atoms with Crippen molar-refractivity contribution in [2.45, 2.75) is 63.4 Å². The van der Waals surface area contributed by atoms with Crippen LogP contribution in [0, 0.1) is 0 Å². The molecule has 0 amide bonds. The number of nitrogens with one attached hydrogen (secondary N) is 2. The molecule has 0 bridgehead atoms. The first-order valence-electron chi connectivity index (χ1n) is 10.7. The van der Waals surface area contributed by atoms with Crippen molar-refractivity contribution in [3.8, 4) is 5.75 Å². The van der Waals surface area contributed by atoms with E-state index >= 15 is 8.78 Å². The van der Waals surface area contributed by atoms with Crippen molar-refractivity contribution in [3.63, 3.8) is 0 Å². The lowest BCUT2D eigenvalue weighted by molar-refractivity contribution is -0.164. The van der Waals surface area contributed by atoms with Crippen LogP contribution in [0.25, 0.3) is 0 Å². The van der Waals surface area contributed by atoms with Crippen LogP contribution in [0.15, 0.2) is 47.4 Å². The van der Waals surface area contributed by atoms with Gasteiger partial charge in [-0.3, -0.25) is 19.2 Å². The van der Waals surface area contributed by atoms with Crippen LogP contribution in [0.2, 0.25) is 0 Å². The second-order valence-corrected chi connectivity index (χ2v) is 8.60. The van der Waals surface area contributed by atoms with Gasteiger partial charge in [0.2, 0.25) is 6.23 Å². The first-order valence-corrected chi connectivity index (χ1v) is 11.5. The monoisotopic (exact) mass is 513 g/mol. The number of anilines is 1. The SMILES string of the molecule is CC(C)OC(=O)[C@H](C)NC(NP=O)(Oc1ccccc1)[C@H]1CC(F)(F)C(n2ccc(N)nc2=O)O1. The first kappa shape index (κ1) is 26.6. The topological polar surface area (TPSA) is 147 Å². The molecule has 1 saturated heterocycles. The summed E-state index contributed by atoms with van der Waals surface area (Å²) in [6.45, 7) is 4.73. The summed E-state index contributed by atoms with van der Waals surface area (Å²) in [5.41, 5.74) is 4.42. The predicted octanol–water partition coefficient (Wildman–Crippen LogP) is 2.21. The Labute approximate surface area is 201 Å². The van der Waals surface area contributed by atoms with Crippen molar-refractivity contribution >= 4 is 20.4 Å². The maximum atomic E-state index is 15.2. The Morgan fingerprint density at radius 2 is 2.00 bits per heavy atom. The van der Waals surface area contributed by atoms with Gasteiger partial charge in [-0.15, -0.1) is 0 Å². The number of hydrogen-bond donors (Lipinski definition) is 3. The molecule has 0 radical (unpaired) electrons. The lowest BCUT2D eigenvalue weighted by atomic mass is 10.1. The summed E-state index contributed by atoms with van der Waals surface area (Å²) >= 11 is 0. The molecule has 1 aromatic carbocycles.